The highest BCUT2D eigenvalue weighted by Gasteiger charge is 2.33. The van der Waals surface area contributed by atoms with Gasteiger partial charge in [-0.05, 0) is 12.1 Å². The number of sulfone groups is 1. The third kappa shape index (κ3) is 2.16. The van der Waals surface area contributed by atoms with E-state index >= 15 is 0 Å². The predicted octanol–water partition coefficient (Wildman–Crippen LogP) is 0.179. The molecular weight excluding hydrogens is 260 g/mol. The summed E-state index contributed by atoms with van der Waals surface area (Å²) < 4.78 is 23.1. The van der Waals surface area contributed by atoms with E-state index in [-0.39, 0.29) is 23.7 Å². The van der Waals surface area contributed by atoms with Gasteiger partial charge in [-0.15, -0.1) is 0 Å². The molecule has 0 amide bonds. The molecular formula is C10H12N2O5S. The lowest BCUT2D eigenvalue weighted by Crippen LogP contribution is -2.51. The molecule has 1 aliphatic heterocycles. The summed E-state index contributed by atoms with van der Waals surface area (Å²) in [5.74, 6) is 0. The minimum absolute atomic E-state index is 0.230. The Bertz CT molecular complexity index is 592. The quantitative estimate of drug-likeness (QED) is 0.622. The standard InChI is InChI=1S/C10H12N2O5S/c1-18(16,17)9-4-2-3-8(10(9)12(14)15)11-5-7(13)6-11/h2-4,7,13H,5-6H2,1H3. The minimum atomic E-state index is -3.66. The normalized spacial score (nSPS) is 16.4. The molecule has 0 aliphatic carbocycles. The van der Waals surface area contributed by atoms with Gasteiger partial charge in [0, 0.05) is 19.3 Å². The highest BCUT2D eigenvalue weighted by molar-refractivity contribution is 7.90. The van der Waals surface area contributed by atoms with E-state index in [0.717, 1.165) is 6.26 Å². The number of para-hydroxylation sites is 1. The maximum absolute atomic E-state index is 11.5. The van der Waals surface area contributed by atoms with Crippen LogP contribution >= 0.6 is 0 Å². The van der Waals surface area contributed by atoms with Crippen LogP contribution in [0.25, 0.3) is 0 Å². The average molecular weight is 272 g/mol. The third-order valence-corrected chi connectivity index (χ3v) is 3.89. The lowest BCUT2D eigenvalue weighted by Gasteiger charge is -2.37. The van der Waals surface area contributed by atoms with Gasteiger partial charge in [-0.3, -0.25) is 10.1 Å². The van der Waals surface area contributed by atoms with Crippen LogP contribution in [0.15, 0.2) is 23.1 Å². The summed E-state index contributed by atoms with van der Waals surface area (Å²) in [5.41, 5.74) is -0.194. The summed E-state index contributed by atoms with van der Waals surface area (Å²) in [6.45, 7) is 0.544. The first-order chi connectivity index (χ1) is 8.30. The molecule has 1 saturated heterocycles. The van der Waals surface area contributed by atoms with Crippen molar-refractivity contribution in [2.24, 2.45) is 0 Å². The number of aliphatic hydroxyl groups is 1. The van der Waals surface area contributed by atoms with Crippen LogP contribution in [0, 0.1) is 10.1 Å². The van der Waals surface area contributed by atoms with Crippen molar-refractivity contribution in [3.05, 3.63) is 28.3 Å². The summed E-state index contributed by atoms with van der Waals surface area (Å²) in [4.78, 5) is 11.7. The zero-order chi connectivity index (χ0) is 13.5. The fraction of sp³-hybridized carbons (Fsp3) is 0.400. The number of nitrogens with zero attached hydrogens (tertiary/aromatic N) is 2. The smallest absolute Gasteiger partial charge is 0.311 e. The minimum Gasteiger partial charge on any atom is -0.389 e. The molecule has 1 aliphatic rings. The molecule has 18 heavy (non-hydrogen) atoms. The van der Waals surface area contributed by atoms with Gasteiger partial charge < -0.3 is 10.0 Å². The second-order valence-electron chi connectivity index (χ2n) is 4.21. The molecule has 98 valence electrons. The largest absolute Gasteiger partial charge is 0.389 e. The van der Waals surface area contributed by atoms with Crippen LogP contribution in [0.5, 0.6) is 0 Å². The molecule has 0 aromatic heterocycles. The van der Waals surface area contributed by atoms with Crippen LogP contribution in [0.1, 0.15) is 0 Å². The van der Waals surface area contributed by atoms with Crippen molar-refractivity contribution in [3.63, 3.8) is 0 Å². The Morgan fingerprint density at radius 3 is 2.50 bits per heavy atom. The maximum Gasteiger partial charge on any atom is 0.311 e. The Morgan fingerprint density at radius 2 is 2.06 bits per heavy atom. The first kappa shape index (κ1) is 12.8. The molecule has 2 rings (SSSR count). The van der Waals surface area contributed by atoms with Gasteiger partial charge in [0.1, 0.15) is 10.6 Å². The highest BCUT2D eigenvalue weighted by atomic mass is 32.2. The average Bonchev–Trinajstić information content (AvgIpc) is 2.22. The molecule has 8 heteroatoms. The zero-order valence-electron chi connectivity index (χ0n) is 9.61. The van der Waals surface area contributed by atoms with Crippen LogP contribution < -0.4 is 4.90 Å². The van der Waals surface area contributed by atoms with Crippen molar-refractivity contribution >= 4 is 21.2 Å². The van der Waals surface area contributed by atoms with E-state index in [1.165, 1.54) is 18.2 Å². The van der Waals surface area contributed by atoms with Gasteiger partial charge in [-0.1, -0.05) is 6.07 Å². The van der Waals surface area contributed by atoms with Crippen LogP contribution in [0.3, 0.4) is 0 Å². The fourth-order valence-electron chi connectivity index (χ4n) is 1.90. The number of anilines is 1. The second-order valence-corrected chi connectivity index (χ2v) is 6.20. The van der Waals surface area contributed by atoms with Crippen molar-refractivity contribution in [1.82, 2.24) is 0 Å². The van der Waals surface area contributed by atoms with Gasteiger partial charge >= 0.3 is 5.69 Å². The second kappa shape index (κ2) is 4.21. The van der Waals surface area contributed by atoms with Crippen molar-refractivity contribution in [1.29, 1.82) is 0 Å². The van der Waals surface area contributed by atoms with Gasteiger partial charge in [-0.2, -0.15) is 0 Å². The van der Waals surface area contributed by atoms with E-state index in [1.807, 2.05) is 0 Å². The third-order valence-electron chi connectivity index (χ3n) is 2.76. The van der Waals surface area contributed by atoms with Crippen molar-refractivity contribution in [3.8, 4) is 0 Å². The van der Waals surface area contributed by atoms with E-state index in [2.05, 4.69) is 0 Å². The fourth-order valence-corrected chi connectivity index (χ4v) is 2.76. The Balaban J connectivity index is 2.57. The van der Waals surface area contributed by atoms with Gasteiger partial charge in [0.25, 0.3) is 0 Å². The molecule has 0 saturated carbocycles. The molecule has 1 aromatic rings. The summed E-state index contributed by atoms with van der Waals surface area (Å²) >= 11 is 0. The molecule has 0 radical (unpaired) electrons. The number of benzene rings is 1. The summed E-state index contributed by atoms with van der Waals surface area (Å²) in [6.07, 6.45) is 0.413. The molecule has 7 nitrogen and oxygen atoms in total. The monoisotopic (exact) mass is 272 g/mol. The summed E-state index contributed by atoms with van der Waals surface area (Å²) in [7, 11) is -3.66. The van der Waals surface area contributed by atoms with E-state index < -0.39 is 26.6 Å². The van der Waals surface area contributed by atoms with Gasteiger partial charge in [-0.25, -0.2) is 8.42 Å². The Kier molecular flexibility index (Phi) is 2.99. The van der Waals surface area contributed by atoms with Crippen LogP contribution in [0.4, 0.5) is 11.4 Å². The molecule has 1 fully saturated rings. The SMILES string of the molecule is CS(=O)(=O)c1cccc(N2CC(O)C2)c1[N+](=O)[O-]. The van der Waals surface area contributed by atoms with Gasteiger partial charge in [0.2, 0.25) is 0 Å². The van der Waals surface area contributed by atoms with Crippen LogP contribution in [-0.4, -0.2) is 43.9 Å². The molecule has 0 spiro atoms. The molecule has 0 bridgehead atoms. The maximum atomic E-state index is 11.5. The van der Waals surface area contributed by atoms with E-state index in [9.17, 15) is 23.6 Å². The molecule has 1 aromatic carbocycles. The lowest BCUT2D eigenvalue weighted by atomic mass is 10.1. The van der Waals surface area contributed by atoms with Crippen LogP contribution in [-0.2, 0) is 9.84 Å². The summed E-state index contributed by atoms with van der Waals surface area (Å²) in [5, 5.41) is 20.3. The van der Waals surface area contributed by atoms with Crippen molar-refractivity contribution < 1.29 is 18.4 Å². The van der Waals surface area contributed by atoms with E-state index in [0.29, 0.717) is 0 Å². The number of aliphatic hydroxyl groups excluding tert-OH is 1. The Labute approximate surface area is 104 Å². The van der Waals surface area contributed by atoms with Crippen molar-refractivity contribution in [2.75, 3.05) is 24.2 Å². The number of nitro groups is 1. The van der Waals surface area contributed by atoms with Gasteiger partial charge in [0.15, 0.2) is 9.84 Å². The zero-order valence-corrected chi connectivity index (χ0v) is 10.4. The van der Waals surface area contributed by atoms with E-state index in [4.69, 9.17) is 0 Å². The molecule has 1 heterocycles. The number of hydrogen-bond donors (Lipinski definition) is 1. The Hall–Kier alpha value is -1.67. The van der Waals surface area contributed by atoms with Crippen molar-refractivity contribution in [2.45, 2.75) is 11.0 Å². The first-order valence-corrected chi connectivity index (χ1v) is 7.10. The van der Waals surface area contributed by atoms with Gasteiger partial charge in [0.05, 0.1) is 11.0 Å². The highest BCUT2D eigenvalue weighted by Crippen LogP contribution is 2.36. The number of nitro benzene ring substituents is 1. The number of hydrogen-bond acceptors (Lipinski definition) is 6. The lowest BCUT2D eigenvalue weighted by molar-refractivity contribution is -0.387. The van der Waals surface area contributed by atoms with E-state index in [1.54, 1.807) is 4.90 Å². The molecule has 0 atom stereocenters. The summed E-state index contributed by atoms with van der Waals surface area (Å²) in [6, 6.07) is 4.16. The topological polar surface area (TPSA) is 101 Å². The molecule has 0 unspecified atom stereocenters. The van der Waals surface area contributed by atoms with Crippen LogP contribution in [0.2, 0.25) is 0 Å². The predicted molar refractivity (Wildman–Crippen MR) is 64.4 cm³/mol. The Morgan fingerprint density at radius 1 is 1.44 bits per heavy atom. The number of rotatable bonds is 3. The number of β-amino-alcohol motifs (C(OH)–C–C–N with tert-alkyl or cyclic N) is 1. The first-order valence-electron chi connectivity index (χ1n) is 5.21. The molecule has 1 N–H and O–H groups in total.